The Morgan fingerprint density at radius 1 is 0.724 bits per heavy atom. The van der Waals surface area contributed by atoms with Gasteiger partial charge in [0.15, 0.2) is 5.82 Å². The fourth-order valence-corrected chi connectivity index (χ4v) is 6.10. The smallest absolute Gasteiger partial charge is 0.374 e. The first kappa shape index (κ1) is 26.2. The van der Waals surface area contributed by atoms with Crippen LogP contribution in [0.25, 0.3) is 0 Å². The lowest BCUT2D eigenvalue weighted by Gasteiger charge is -2.28. The lowest BCUT2D eigenvalue weighted by Crippen LogP contribution is -2.46. The van der Waals surface area contributed by atoms with E-state index in [4.69, 9.17) is 13.3 Å². The second-order valence-electron chi connectivity index (χ2n) is 7.47. The molecule has 0 atom stereocenters. The summed E-state index contributed by atoms with van der Waals surface area (Å²) in [5.41, 5.74) is 0. The highest BCUT2D eigenvalue weighted by molar-refractivity contribution is 6.60. The summed E-state index contributed by atoms with van der Waals surface area (Å²) in [6.07, 6.45) is 13.7. The molecule has 0 N–H and O–H groups in total. The fourth-order valence-electron chi connectivity index (χ4n) is 3.50. The molecule has 170 valence electrons. The molecular weight excluding hydrogens is 384 g/mol. The Morgan fingerprint density at radius 2 is 1.28 bits per heavy atom. The molecule has 1 heterocycles. The van der Waals surface area contributed by atoms with Gasteiger partial charge >= 0.3 is 8.80 Å². The summed E-state index contributed by atoms with van der Waals surface area (Å²) in [5, 5.41) is 12.9. The van der Waals surface area contributed by atoms with Gasteiger partial charge < -0.3 is 13.3 Å². The summed E-state index contributed by atoms with van der Waals surface area (Å²) < 4.78 is 17.7. The summed E-state index contributed by atoms with van der Waals surface area (Å²) in [6, 6.07) is 0.775. The second-order valence-corrected chi connectivity index (χ2v) is 10.2. The van der Waals surface area contributed by atoms with Crippen molar-refractivity contribution >= 4 is 8.80 Å². The standard InChI is InChI=1S/C21H44N4O3Si/c1-5-9-10-11-12-13-14-15-16-18-21-22-24-25(23-21)19-17-20-29(26-6-2,27-7-3)28-8-4/h5-20H2,1-4H3. The van der Waals surface area contributed by atoms with Crippen molar-refractivity contribution in [2.45, 2.75) is 111 Å². The predicted octanol–water partition coefficient (Wildman–Crippen LogP) is 5.18. The monoisotopic (exact) mass is 428 g/mol. The topological polar surface area (TPSA) is 71.3 Å². The molecule has 0 saturated heterocycles. The van der Waals surface area contributed by atoms with Crippen molar-refractivity contribution in [3.05, 3.63) is 5.82 Å². The molecule has 0 saturated carbocycles. The van der Waals surface area contributed by atoms with E-state index in [1.165, 1.54) is 51.4 Å². The molecule has 29 heavy (non-hydrogen) atoms. The molecule has 0 bridgehead atoms. The summed E-state index contributed by atoms with van der Waals surface area (Å²) >= 11 is 0. The number of aromatic nitrogens is 4. The second kappa shape index (κ2) is 16.9. The molecule has 1 aromatic heterocycles. The van der Waals surface area contributed by atoms with Crippen LogP contribution in [-0.4, -0.2) is 48.8 Å². The van der Waals surface area contributed by atoms with Crippen molar-refractivity contribution in [3.8, 4) is 0 Å². The van der Waals surface area contributed by atoms with Gasteiger partial charge in [0.1, 0.15) is 0 Å². The molecule has 8 heteroatoms. The maximum atomic E-state index is 5.89. The molecule has 0 aromatic carbocycles. The van der Waals surface area contributed by atoms with Crippen molar-refractivity contribution in [3.63, 3.8) is 0 Å². The predicted molar refractivity (Wildman–Crippen MR) is 119 cm³/mol. The number of unbranched alkanes of at least 4 members (excludes halogenated alkanes) is 8. The zero-order valence-corrected chi connectivity index (χ0v) is 20.3. The minimum Gasteiger partial charge on any atom is -0.374 e. The van der Waals surface area contributed by atoms with Crippen LogP contribution in [-0.2, 0) is 26.2 Å². The number of hydrogen-bond donors (Lipinski definition) is 0. The highest BCUT2D eigenvalue weighted by atomic mass is 28.4. The molecule has 0 aliphatic carbocycles. The quantitative estimate of drug-likeness (QED) is 0.210. The van der Waals surface area contributed by atoms with E-state index >= 15 is 0 Å². The van der Waals surface area contributed by atoms with E-state index in [2.05, 4.69) is 22.3 Å². The van der Waals surface area contributed by atoms with Gasteiger partial charge in [0.2, 0.25) is 0 Å². The van der Waals surface area contributed by atoms with Crippen LogP contribution in [0.4, 0.5) is 0 Å². The average molecular weight is 429 g/mol. The molecule has 1 aromatic rings. The zero-order chi connectivity index (χ0) is 21.2. The van der Waals surface area contributed by atoms with Crippen LogP contribution in [0, 0.1) is 0 Å². The van der Waals surface area contributed by atoms with Gasteiger partial charge in [-0.25, -0.2) is 0 Å². The Hall–Kier alpha value is -0.833. The van der Waals surface area contributed by atoms with Crippen molar-refractivity contribution < 1.29 is 13.3 Å². The SMILES string of the molecule is CCCCCCCCCCCc1nnn(CCC[Si](OCC)(OCC)OCC)n1. The third kappa shape index (κ3) is 11.8. The van der Waals surface area contributed by atoms with Crippen LogP contribution in [0.5, 0.6) is 0 Å². The lowest BCUT2D eigenvalue weighted by molar-refractivity contribution is 0.0703. The van der Waals surface area contributed by atoms with Crippen LogP contribution in [0.2, 0.25) is 6.04 Å². The molecule has 0 fully saturated rings. The summed E-state index contributed by atoms with van der Waals surface area (Å²) in [7, 11) is -2.58. The van der Waals surface area contributed by atoms with Gasteiger partial charge in [-0.05, 0) is 38.8 Å². The van der Waals surface area contributed by atoms with E-state index in [0.717, 1.165) is 31.1 Å². The van der Waals surface area contributed by atoms with Crippen LogP contribution in [0.1, 0.15) is 97.7 Å². The van der Waals surface area contributed by atoms with Crippen LogP contribution in [0.15, 0.2) is 0 Å². The van der Waals surface area contributed by atoms with E-state index < -0.39 is 8.80 Å². The van der Waals surface area contributed by atoms with E-state index in [-0.39, 0.29) is 0 Å². The molecule has 0 unspecified atom stereocenters. The Bertz CT molecular complexity index is 485. The first-order valence-electron chi connectivity index (χ1n) is 11.9. The third-order valence-electron chi connectivity index (χ3n) is 4.93. The molecule has 0 aliphatic heterocycles. The minimum atomic E-state index is -2.58. The summed E-state index contributed by atoms with van der Waals surface area (Å²) in [4.78, 5) is 1.70. The normalized spacial score (nSPS) is 12.0. The number of hydrogen-bond acceptors (Lipinski definition) is 6. The van der Waals surface area contributed by atoms with Crippen molar-refractivity contribution in [2.24, 2.45) is 0 Å². The van der Waals surface area contributed by atoms with Gasteiger partial charge in [0, 0.05) is 32.3 Å². The average Bonchev–Trinajstić information content (AvgIpc) is 3.15. The Balaban J connectivity index is 2.22. The number of nitrogens with zero attached hydrogens (tertiary/aromatic N) is 4. The maximum absolute atomic E-state index is 5.89. The van der Waals surface area contributed by atoms with Gasteiger partial charge in [-0.2, -0.15) is 4.80 Å². The van der Waals surface area contributed by atoms with Gasteiger partial charge in [-0.1, -0.05) is 58.3 Å². The first-order chi connectivity index (χ1) is 14.2. The molecule has 0 aliphatic rings. The number of tetrazole rings is 1. The van der Waals surface area contributed by atoms with Crippen LogP contribution in [0.3, 0.4) is 0 Å². The molecule has 7 nitrogen and oxygen atoms in total. The first-order valence-corrected chi connectivity index (χ1v) is 13.8. The van der Waals surface area contributed by atoms with Gasteiger partial charge in [0.05, 0.1) is 6.54 Å². The molecule has 1 rings (SSSR count). The van der Waals surface area contributed by atoms with E-state index in [1.54, 1.807) is 4.80 Å². The third-order valence-corrected chi connectivity index (χ3v) is 8.08. The lowest BCUT2D eigenvalue weighted by atomic mass is 10.1. The van der Waals surface area contributed by atoms with Crippen molar-refractivity contribution in [2.75, 3.05) is 19.8 Å². The highest BCUT2D eigenvalue weighted by Gasteiger charge is 2.39. The Labute approximate surface area is 179 Å². The van der Waals surface area contributed by atoms with Crippen LogP contribution < -0.4 is 0 Å². The van der Waals surface area contributed by atoms with Crippen molar-refractivity contribution in [1.29, 1.82) is 0 Å². The van der Waals surface area contributed by atoms with E-state index in [1.807, 2.05) is 20.8 Å². The van der Waals surface area contributed by atoms with E-state index in [9.17, 15) is 0 Å². The Kier molecular flexibility index (Phi) is 15.3. The van der Waals surface area contributed by atoms with Crippen LogP contribution >= 0.6 is 0 Å². The summed E-state index contributed by atoms with van der Waals surface area (Å²) in [6.45, 7) is 10.8. The van der Waals surface area contributed by atoms with Gasteiger partial charge in [-0.3, -0.25) is 0 Å². The molecule has 0 radical (unpaired) electrons. The summed E-state index contributed by atoms with van der Waals surface area (Å²) in [5.74, 6) is 0.857. The van der Waals surface area contributed by atoms with Gasteiger partial charge in [0.25, 0.3) is 0 Å². The number of aryl methyl sites for hydroxylation is 2. The fraction of sp³-hybridized carbons (Fsp3) is 0.952. The number of rotatable bonds is 20. The molecule has 0 spiro atoms. The zero-order valence-electron chi connectivity index (χ0n) is 19.3. The molecule has 0 amide bonds. The molecular formula is C21H44N4O3Si. The Morgan fingerprint density at radius 3 is 1.83 bits per heavy atom. The van der Waals surface area contributed by atoms with Gasteiger partial charge in [-0.15, -0.1) is 10.2 Å². The largest absolute Gasteiger partial charge is 0.500 e. The van der Waals surface area contributed by atoms with E-state index in [0.29, 0.717) is 26.4 Å². The van der Waals surface area contributed by atoms with Crippen molar-refractivity contribution in [1.82, 2.24) is 20.2 Å². The highest BCUT2D eigenvalue weighted by Crippen LogP contribution is 2.18. The maximum Gasteiger partial charge on any atom is 0.500 e. The minimum absolute atomic E-state index is 0.608.